The fraction of sp³-hybridized carbons (Fsp3) is 0.600. The molecule has 1 amide bonds. The molecule has 1 heterocycles. The van der Waals surface area contributed by atoms with E-state index in [1.807, 2.05) is 0 Å². The van der Waals surface area contributed by atoms with Crippen LogP contribution in [0.5, 0.6) is 0 Å². The summed E-state index contributed by atoms with van der Waals surface area (Å²) in [7, 11) is 0. The van der Waals surface area contributed by atoms with E-state index in [1.165, 1.54) is 6.08 Å². The fourth-order valence-corrected chi connectivity index (χ4v) is 1.48. The summed E-state index contributed by atoms with van der Waals surface area (Å²) in [5.74, 6) is 0.498. The number of ketones is 1. The van der Waals surface area contributed by atoms with Gasteiger partial charge in [-0.05, 0) is 6.92 Å². The molecule has 0 unspecified atom stereocenters. The van der Waals surface area contributed by atoms with E-state index < -0.39 is 0 Å². The van der Waals surface area contributed by atoms with E-state index in [2.05, 4.69) is 6.58 Å². The van der Waals surface area contributed by atoms with Gasteiger partial charge in [0.2, 0.25) is 0 Å². The van der Waals surface area contributed by atoms with Gasteiger partial charge in [0, 0.05) is 25.4 Å². The minimum atomic E-state index is -0.315. The summed E-state index contributed by atoms with van der Waals surface area (Å²) < 4.78 is 4.83. The second kappa shape index (κ2) is 4.79. The Kier molecular flexibility index (Phi) is 3.68. The highest BCUT2D eigenvalue weighted by molar-refractivity contribution is 5.76. The van der Waals surface area contributed by atoms with Gasteiger partial charge in [0.15, 0.2) is 0 Å². The highest BCUT2D eigenvalue weighted by Gasteiger charge is 2.31. The van der Waals surface area contributed by atoms with Crippen molar-refractivity contribution in [2.75, 3.05) is 19.7 Å². The van der Waals surface area contributed by atoms with Crippen LogP contribution in [0.3, 0.4) is 0 Å². The van der Waals surface area contributed by atoms with Crippen LogP contribution in [0.2, 0.25) is 0 Å². The summed E-state index contributed by atoms with van der Waals surface area (Å²) in [6, 6.07) is 0. The summed E-state index contributed by atoms with van der Waals surface area (Å²) in [5.41, 5.74) is 0. The Hall–Kier alpha value is -1.32. The Bertz CT molecular complexity index is 244. The quantitative estimate of drug-likeness (QED) is 0.636. The van der Waals surface area contributed by atoms with Gasteiger partial charge in [0.1, 0.15) is 12.4 Å². The number of nitrogens with zero attached hydrogens (tertiary/aromatic N) is 1. The predicted molar refractivity (Wildman–Crippen MR) is 51.9 cm³/mol. The van der Waals surface area contributed by atoms with Crippen LogP contribution in [0.4, 0.5) is 4.79 Å². The van der Waals surface area contributed by atoms with Crippen LogP contribution >= 0.6 is 0 Å². The third kappa shape index (κ3) is 2.87. The van der Waals surface area contributed by atoms with E-state index in [0.29, 0.717) is 25.4 Å². The third-order valence-corrected chi connectivity index (χ3v) is 2.12. The van der Waals surface area contributed by atoms with E-state index in [0.717, 1.165) is 0 Å². The number of rotatable bonds is 4. The molecule has 0 saturated carbocycles. The van der Waals surface area contributed by atoms with Gasteiger partial charge in [-0.1, -0.05) is 12.7 Å². The van der Waals surface area contributed by atoms with Crippen molar-refractivity contribution in [3.8, 4) is 0 Å². The average molecular weight is 197 g/mol. The Morgan fingerprint density at radius 1 is 1.57 bits per heavy atom. The largest absolute Gasteiger partial charge is 0.445 e. The number of ether oxygens (including phenoxy) is 1. The van der Waals surface area contributed by atoms with Gasteiger partial charge in [0.25, 0.3) is 0 Å². The van der Waals surface area contributed by atoms with Crippen LogP contribution in [-0.2, 0) is 9.53 Å². The normalized spacial score (nSPS) is 15.9. The summed E-state index contributed by atoms with van der Waals surface area (Å²) in [4.78, 5) is 23.5. The molecule has 4 nitrogen and oxygen atoms in total. The number of Topliss-reactive ketones (excluding diaryl/α,β-unsaturated/α-hetero) is 1. The Morgan fingerprint density at radius 3 is 2.71 bits per heavy atom. The molecule has 4 heteroatoms. The van der Waals surface area contributed by atoms with Gasteiger partial charge >= 0.3 is 6.09 Å². The Morgan fingerprint density at radius 2 is 2.21 bits per heavy atom. The van der Waals surface area contributed by atoms with Crippen LogP contribution < -0.4 is 0 Å². The average Bonchev–Trinajstić information content (AvgIpc) is 2.06. The van der Waals surface area contributed by atoms with Crippen molar-refractivity contribution in [1.82, 2.24) is 4.90 Å². The van der Waals surface area contributed by atoms with E-state index in [1.54, 1.807) is 11.8 Å². The van der Waals surface area contributed by atoms with Crippen molar-refractivity contribution in [1.29, 1.82) is 0 Å². The molecule has 0 atom stereocenters. The standard InChI is InChI=1S/C10H15NO3/c1-3-4-14-10(13)11-6-9(7-11)5-8(2)12/h3,9H,1,4-7H2,2H3. The van der Waals surface area contributed by atoms with E-state index in [9.17, 15) is 9.59 Å². The summed E-state index contributed by atoms with van der Waals surface area (Å²) in [6.45, 7) is 6.53. The minimum Gasteiger partial charge on any atom is -0.445 e. The lowest BCUT2D eigenvalue weighted by Gasteiger charge is -2.37. The summed E-state index contributed by atoms with van der Waals surface area (Å²) in [5, 5.41) is 0. The van der Waals surface area contributed by atoms with Gasteiger partial charge in [-0.25, -0.2) is 4.79 Å². The predicted octanol–water partition coefficient (Wildman–Crippen LogP) is 1.22. The zero-order valence-electron chi connectivity index (χ0n) is 8.36. The molecule has 1 fully saturated rings. The van der Waals surface area contributed by atoms with Crippen LogP contribution in [0.15, 0.2) is 12.7 Å². The maximum absolute atomic E-state index is 11.2. The lowest BCUT2D eigenvalue weighted by Crippen LogP contribution is -2.50. The molecule has 1 aliphatic heterocycles. The monoisotopic (exact) mass is 197 g/mol. The minimum absolute atomic E-state index is 0.175. The van der Waals surface area contributed by atoms with Crippen molar-refractivity contribution in [3.05, 3.63) is 12.7 Å². The fourth-order valence-electron chi connectivity index (χ4n) is 1.48. The first-order valence-electron chi connectivity index (χ1n) is 4.65. The molecule has 1 aliphatic rings. The molecule has 0 aromatic heterocycles. The summed E-state index contributed by atoms with van der Waals surface area (Å²) >= 11 is 0. The SMILES string of the molecule is C=CCOC(=O)N1CC(CC(C)=O)C1. The maximum atomic E-state index is 11.2. The molecule has 1 rings (SSSR count). The molecular formula is C10H15NO3. The third-order valence-electron chi connectivity index (χ3n) is 2.12. The molecule has 0 spiro atoms. The van der Waals surface area contributed by atoms with E-state index >= 15 is 0 Å². The van der Waals surface area contributed by atoms with E-state index in [4.69, 9.17) is 4.74 Å². The highest BCUT2D eigenvalue weighted by Crippen LogP contribution is 2.19. The second-order valence-electron chi connectivity index (χ2n) is 3.54. The van der Waals surface area contributed by atoms with Gasteiger partial charge in [-0.15, -0.1) is 0 Å². The van der Waals surface area contributed by atoms with Crippen molar-refractivity contribution in [2.45, 2.75) is 13.3 Å². The van der Waals surface area contributed by atoms with Gasteiger partial charge in [-0.3, -0.25) is 0 Å². The lowest BCUT2D eigenvalue weighted by atomic mass is 9.95. The first-order valence-corrected chi connectivity index (χ1v) is 4.65. The molecule has 0 N–H and O–H groups in total. The van der Waals surface area contributed by atoms with Gasteiger partial charge < -0.3 is 14.4 Å². The topological polar surface area (TPSA) is 46.6 Å². The number of carbonyl (C=O) groups is 2. The zero-order chi connectivity index (χ0) is 10.6. The number of hydrogen-bond donors (Lipinski definition) is 0. The maximum Gasteiger partial charge on any atom is 0.410 e. The second-order valence-corrected chi connectivity index (χ2v) is 3.54. The Balaban J connectivity index is 2.17. The van der Waals surface area contributed by atoms with Crippen molar-refractivity contribution >= 4 is 11.9 Å². The molecule has 0 bridgehead atoms. The molecular weight excluding hydrogens is 182 g/mol. The first-order chi connectivity index (χ1) is 6.63. The summed E-state index contributed by atoms with van der Waals surface area (Å²) in [6.07, 6.45) is 1.78. The van der Waals surface area contributed by atoms with Gasteiger partial charge in [0.05, 0.1) is 0 Å². The number of likely N-dealkylation sites (tertiary alicyclic amines) is 1. The molecule has 14 heavy (non-hydrogen) atoms. The van der Waals surface area contributed by atoms with Crippen LogP contribution in [0.1, 0.15) is 13.3 Å². The highest BCUT2D eigenvalue weighted by atomic mass is 16.6. The number of carbonyl (C=O) groups excluding carboxylic acids is 2. The van der Waals surface area contributed by atoms with E-state index in [-0.39, 0.29) is 18.5 Å². The lowest BCUT2D eigenvalue weighted by molar-refractivity contribution is -0.119. The first kappa shape index (κ1) is 10.8. The van der Waals surface area contributed by atoms with Crippen LogP contribution in [-0.4, -0.2) is 36.5 Å². The Labute approximate surface area is 83.5 Å². The zero-order valence-corrected chi connectivity index (χ0v) is 8.36. The molecule has 78 valence electrons. The van der Waals surface area contributed by atoms with Crippen LogP contribution in [0, 0.1) is 5.92 Å². The molecule has 1 saturated heterocycles. The van der Waals surface area contributed by atoms with Crippen molar-refractivity contribution in [2.24, 2.45) is 5.92 Å². The van der Waals surface area contributed by atoms with Gasteiger partial charge in [-0.2, -0.15) is 0 Å². The molecule has 0 aromatic carbocycles. The smallest absolute Gasteiger partial charge is 0.410 e. The van der Waals surface area contributed by atoms with Crippen LogP contribution in [0.25, 0.3) is 0 Å². The molecule has 0 radical (unpaired) electrons. The number of amides is 1. The molecule has 0 aliphatic carbocycles. The van der Waals surface area contributed by atoms with Crippen molar-refractivity contribution in [3.63, 3.8) is 0 Å². The molecule has 0 aromatic rings. The number of hydrogen-bond acceptors (Lipinski definition) is 3. The van der Waals surface area contributed by atoms with Crippen molar-refractivity contribution < 1.29 is 14.3 Å².